The van der Waals surface area contributed by atoms with E-state index in [1.54, 1.807) is 0 Å². The van der Waals surface area contributed by atoms with E-state index in [1.807, 2.05) is 6.20 Å². The van der Waals surface area contributed by atoms with Crippen molar-refractivity contribution >= 4 is 0 Å². The van der Waals surface area contributed by atoms with Crippen LogP contribution in [0.3, 0.4) is 0 Å². The topological polar surface area (TPSA) is 28.2 Å². The fraction of sp³-hybridized carbons (Fsp3) is 0.706. The molecule has 3 nitrogen and oxygen atoms in total. The molecule has 0 aliphatic heterocycles. The van der Waals surface area contributed by atoms with E-state index in [4.69, 9.17) is 0 Å². The van der Waals surface area contributed by atoms with Crippen LogP contribution in [0.1, 0.15) is 50.8 Å². The highest BCUT2D eigenvalue weighted by atomic mass is 15.1. The Morgan fingerprint density at radius 3 is 2.70 bits per heavy atom. The third-order valence-corrected chi connectivity index (χ3v) is 4.22. The molecule has 0 radical (unpaired) electrons. The molecule has 0 bridgehead atoms. The maximum atomic E-state index is 4.61. The van der Waals surface area contributed by atoms with Gasteiger partial charge in [-0.05, 0) is 49.9 Å². The number of nitrogens with one attached hydrogen (secondary N) is 1. The molecule has 0 saturated heterocycles. The molecular weight excluding hydrogens is 246 g/mol. The van der Waals surface area contributed by atoms with Crippen LogP contribution in [0.25, 0.3) is 0 Å². The fourth-order valence-corrected chi connectivity index (χ4v) is 2.64. The Hall–Kier alpha value is -0.930. The minimum Gasteiger partial charge on any atom is -0.313 e. The molecule has 1 heterocycles. The molecule has 20 heavy (non-hydrogen) atoms. The quantitative estimate of drug-likeness (QED) is 0.702. The smallest absolute Gasteiger partial charge is 0.0544 e. The van der Waals surface area contributed by atoms with E-state index in [0.717, 1.165) is 32.1 Å². The van der Waals surface area contributed by atoms with Crippen molar-refractivity contribution < 1.29 is 0 Å². The van der Waals surface area contributed by atoms with Gasteiger partial charge < -0.3 is 5.32 Å². The summed E-state index contributed by atoms with van der Waals surface area (Å²) in [7, 11) is 0. The van der Waals surface area contributed by atoms with Crippen molar-refractivity contribution in [1.82, 2.24) is 15.2 Å². The number of rotatable bonds is 9. The number of hydrogen-bond acceptors (Lipinski definition) is 3. The summed E-state index contributed by atoms with van der Waals surface area (Å²) in [5.74, 6) is 0.937. The Bertz CT molecular complexity index is 370. The number of nitrogens with zero attached hydrogens (tertiary/aromatic N) is 2. The van der Waals surface area contributed by atoms with Gasteiger partial charge in [-0.2, -0.15) is 0 Å². The molecule has 1 N–H and O–H groups in total. The standard InChI is InChI=1S/C17H29N3/c1-3-10-18-11-16-8-9-17(19-12-16)14-20(4-2)13-15-6-5-7-15/h8-9,12,15,18H,3-7,10-11,13-14H2,1-2H3. The molecule has 1 aliphatic carbocycles. The second-order valence-electron chi connectivity index (χ2n) is 5.96. The van der Waals surface area contributed by atoms with E-state index in [-0.39, 0.29) is 0 Å². The largest absolute Gasteiger partial charge is 0.313 e. The summed E-state index contributed by atoms with van der Waals surface area (Å²) < 4.78 is 0. The lowest BCUT2D eigenvalue weighted by Gasteiger charge is -2.31. The van der Waals surface area contributed by atoms with Gasteiger partial charge >= 0.3 is 0 Å². The lowest BCUT2D eigenvalue weighted by Crippen LogP contribution is -2.32. The molecule has 0 aromatic carbocycles. The lowest BCUT2D eigenvalue weighted by molar-refractivity contribution is 0.177. The summed E-state index contributed by atoms with van der Waals surface area (Å²) in [5.41, 5.74) is 2.48. The van der Waals surface area contributed by atoms with Gasteiger partial charge in [-0.1, -0.05) is 26.3 Å². The highest BCUT2D eigenvalue weighted by molar-refractivity contribution is 5.14. The summed E-state index contributed by atoms with van der Waals surface area (Å²) in [5, 5.41) is 3.41. The first-order valence-electron chi connectivity index (χ1n) is 8.18. The molecule has 0 atom stereocenters. The van der Waals surface area contributed by atoms with E-state index in [1.165, 1.54) is 43.5 Å². The molecule has 1 saturated carbocycles. The zero-order valence-corrected chi connectivity index (χ0v) is 13.1. The molecule has 112 valence electrons. The van der Waals surface area contributed by atoms with E-state index < -0.39 is 0 Å². The summed E-state index contributed by atoms with van der Waals surface area (Å²) in [4.78, 5) is 7.14. The van der Waals surface area contributed by atoms with Gasteiger partial charge in [0.1, 0.15) is 0 Å². The van der Waals surface area contributed by atoms with Crippen LogP contribution in [0.15, 0.2) is 18.3 Å². The molecule has 2 rings (SSSR count). The normalized spacial score (nSPS) is 15.6. The Labute approximate surface area is 123 Å². The van der Waals surface area contributed by atoms with Crippen molar-refractivity contribution in [3.05, 3.63) is 29.6 Å². The van der Waals surface area contributed by atoms with Gasteiger partial charge in [0.2, 0.25) is 0 Å². The van der Waals surface area contributed by atoms with Gasteiger partial charge in [0.25, 0.3) is 0 Å². The maximum absolute atomic E-state index is 4.61. The predicted molar refractivity (Wildman–Crippen MR) is 84.5 cm³/mol. The average Bonchev–Trinajstić information content (AvgIpc) is 2.43. The van der Waals surface area contributed by atoms with Crippen LogP contribution in [0.2, 0.25) is 0 Å². The zero-order chi connectivity index (χ0) is 14.2. The predicted octanol–water partition coefficient (Wildman–Crippen LogP) is 3.20. The van der Waals surface area contributed by atoms with Crippen molar-refractivity contribution in [3.63, 3.8) is 0 Å². The van der Waals surface area contributed by atoms with Gasteiger partial charge in [-0.3, -0.25) is 9.88 Å². The SMILES string of the molecule is CCCNCc1ccc(CN(CC)CC2CCC2)nc1. The number of pyridine rings is 1. The Morgan fingerprint density at radius 1 is 1.30 bits per heavy atom. The van der Waals surface area contributed by atoms with Gasteiger partial charge in [-0.15, -0.1) is 0 Å². The molecule has 1 fully saturated rings. The van der Waals surface area contributed by atoms with Crippen LogP contribution in [0.5, 0.6) is 0 Å². The van der Waals surface area contributed by atoms with Gasteiger partial charge in [0, 0.05) is 25.8 Å². The molecule has 0 amide bonds. The highest BCUT2D eigenvalue weighted by Gasteiger charge is 2.20. The van der Waals surface area contributed by atoms with Crippen LogP contribution < -0.4 is 5.32 Å². The van der Waals surface area contributed by atoms with Crippen molar-refractivity contribution in [2.24, 2.45) is 5.92 Å². The maximum Gasteiger partial charge on any atom is 0.0544 e. The average molecular weight is 275 g/mol. The Kier molecular flexibility index (Phi) is 6.48. The molecular formula is C17H29N3. The second-order valence-corrected chi connectivity index (χ2v) is 5.96. The first-order valence-corrected chi connectivity index (χ1v) is 8.18. The minimum atomic E-state index is 0.931. The molecule has 0 unspecified atom stereocenters. The van der Waals surface area contributed by atoms with E-state index in [2.05, 4.69) is 41.2 Å². The lowest BCUT2D eigenvalue weighted by atomic mass is 9.85. The van der Waals surface area contributed by atoms with Crippen LogP contribution in [-0.4, -0.2) is 29.5 Å². The zero-order valence-electron chi connectivity index (χ0n) is 13.1. The van der Waals surface area contributed by atoms with E-state index >= 15 is 0 Å². The second kappa shape index (κ2) is 8.38. The summed E-state index contributed by atoms with van der Waals surface area (Å²) in [6, 6.07) is 4.40. The third kappa shape index (κ3) is 4.88. The van der Waals surface area contributed by atoms with Crippen LogP contribution in [0, 0.1) is 5.92 Å². The monoisotopic (exact) mass is 275 g/mol. The molecule has 1 aliphatic rings. The first kappa shape index (κ1) is 15.5. The van der Waals surface area contributed by atoms with Gasteiger partial charge in [0.05, 0.1) is 5.69 Å². The molecule has 1 aromatic rings. The Balaban J connectivity index is 1.78. The van der Waals surface area contributed by atoms with Crippen LogP contribution in [0.4, 0.5) is 0 Å². The van der Waals surface area contributed by atoms with Crippen molar-refractivity contribution in [3.8, 4) is 0 Å². The van der Waals surface area contributed by atoms with Crippen molar-refractivity contribution in [2.45, 2.75) is 52.6 Å². The first-order chi connectivity index (χ1) is 9.81. The molecule has 1 aromatic heterocycles. The third-order valence-electron chi connectivity index (χ3n) is 4.22. The van der Waals surface area contributed by atoms with Gasteiger partial charge in [0.15, 0.2) is 0 Å². The van der Waals surface area contributed by atoms with Gasteiger partial charge in [-0.25, -0.2) is 0 Å². The van der Waals surface area contributed by atoms with Crippen LogP contribution >= 0.6 is 0 Å². The highest BCUT2D eigenvalue weighted by Crippen LogP contribution is 2.27. The number of hydrogen-bond donors (Lipinski definition) is 1. The summed E-state index contributed by atoms with van der Waals surface area (Å²) >= 11 is 0. The van der Waals surface area contributed by atoms with E-state index in [9.17, 15) is 0 Å². The minimum absolute atomic E-state index is 0.931. The molecule has 3 heteroatoms. The van der Waals surface area contributed by atoms with Crippen molar-refractivity contribution in [2.75, 3.05) is 19.6 Å². The Morgan fingerprint density at radius 2 is 2.15 bits per heavy atom. The number of aromatic nitrogens is 1. The summed E-state index contributed by atoms with van der Waals surface area (Å²) in [6.45, 7) is 9.82. The fourth-order valence-electron chi connectivity index (χ4n) is 2.64. The molecule has 0 spiro atoms. The summed E-state index contributed by atoms with van der Waals surface area (Å²) in [6.07, 6.45) is 7.48. The van der Waals surface area contributed by atoms with Crippen LogP contribution in [-0.2, 0) is 13.1 Å². The van der Waals surface area contributed by atoms with E-state index in [0.29, 0.717) is 0 Å². The van der Waals surface area contributed by atoms with Crippen molar-refractivity contribution in [1.29, 1.82) is 0 Å².